The molecule has 4 rings (SSSR count). The highest BCUT2D eigenvalue weighted by atomic mass is 35.5. The van der Waals surface area contributed by atoms with Crippen molar-refractivity contribution in [1.29, 1.82) is 0 Å². The molecule has 9 heteroatoms. The van der Waals surface area contributed by atoms with Gasteiger partial charge in [-0.3, -0.25) is 9.69 Å². The fourth-order valence-corrected chi connectivity index (χ4v) is 4.34. The summed E-state index contributed by atoms with van der Waals surface area (Å²) in [4.78, 5) is 23.4. The molecule has 0 N–H and O–H groups in total. The van der Waals surface area contributed by atoms with Crippen LogP contribution in [0.5, 0.6) is 5.75 Å². The number of carbonyl (C=O) groups is 1. The van der Waals surface area contributed by atoms with Crippen LogP contribution >= 0.6 is 35.3 Å². The quantitative estimate of drug-likeness (QED) is 0.342. The number of halogens is 2. The van der Waals surface area contributed by atoms with Crippen LogP contribution in [0, 0.1) is 6.92 Å². The van der Waals surface area contributed by atoms with Gasteiger partial charge >= 0.3 is 0 Å². The van der Waals surface area contributed by atoms with E-state index in [2.05, 4.69) is 9.97 Å². The molecule has 0 aliphatic heterocycles. The summed E-state index contributed by atoms with van der Waals surface area (Å²) in [5.41, 5.74) is 1.85. The van der Waals surface area contributed by atoms with E-state index in [4.69, 9.17) is 16.3 Å². The van der Waals surface area contributed by atoms with E-state index in [9.17, 15) is 4.79 Å². The van der Waals surface area contributed by atoms with E-state index in [0.717, 1.165) is 23.2 Å². The first-order valence-electron chi connectivity index (χ1n) is 9.61. The number of hydrogen-bond donors (Lipinski definition) is 0. The highest BCUT2D eigenvalue weighted by molar-refractivity contribution is 7.22. The Hall–Kier alpha value is -2.61. The number of imidazole rings is 1. The molecule has 0 atom stereocenters. The molecule has 0 aliphatic rings. The highest BCUT2D eigenvalue weighted by Crippen LogP contribution is 2.33. The van der Waals surface area contributed by atoms with E-state index < -0.39 is 0 Å². The monoisotopic (exact) mass is 476 g/mol. The molecular weight excluding hydrogens is 455 g/mol. The summed E-state index contributed by atoms with van der Waals surface area (Å²) in [6.07, 6.45) is 6.18. The van der Waals surface area contributed by atoms with E-state index in [-0.39, 0.29) is 24.9 Å². The van der Waals surface area contributed by atoms with E-state index in [1.54, 1.807) is 23.5 Å². The summed E-state index contributed by atoms with van der Waals surface area (Å²) in [5, 5.41) is 1.21. The predicted octanol–water partition coefficient (Wildman–Crippen LogP) is 5.38. The van der Waals surface area contributed by atoms with Crippen LogP contribution in [0.25, 0.3) is 10.2 Å². The topological polar surface area (TPSA) is 60.2 Å². The highest BCUT2D eigenvalue weighted by Gasteiger charge is 2.21. The Labute approximate surface area is 195 Å². The Balaban J connectivity index is 0.00000272. The van der Waals surface area contributed by atoms with Gasteiger partial charge in [-0.25, -0.2) is 9.97 Å². The zero-order chi connectivity index (χ0) is 20.9. The predicted molar refractivity (Wildman–Crippen MR) is 128 cm³/mol. The molecule has 0 saturated carbocycles. The van der Waals surface area contributed by atoms with Gasteiger partial charge in [0.25, 0.3) is 5.91 Å². The van der Waals surface area contributed by atoms with Gasteiger partial charge in [0.05, 0.1) is 16.0 Å². The van der Waals surface area contributed by atoms with E-state index >= 15 is 0 Å². The van der Waals surface area contributed by atoms with Crippen molar-refractivity contribution in [1.82, 2.24) is 14.5 Å². The number of aromatic nitrogens is 3. The Bertz CT molecular complexity index is 1130. The van der Waals surface area contributed by atoms with Crippen LogP contribution in [0.4, 0.5) is 5.13 Å². The maximum atomic E-state index is 13.1. The van der Waals surface area contributed by atoms with Gasteiger partial charge in [0.2, 0.25) is 0 Å². The molecule has 0 saturated heterocycles. The first-order valence-corrected chi connectivity index (χ1v) is 10.8. The average molecular weight is 477 g/mol. The summed E-state index contributed by atoms with van der Waals surface area (Å²) < 4.78 is 8.65. The van der Waals surface area contributed by atoms with Crippen molar-refractivity contribution in [3.05, 3.63) is 71.8 Å². The lowest BCUT2D eigenvalue weighted by Crippen LogP contribution is -2.36. The molecule has 162 valence electrons. The lowest BCUT2D eigenvalue weighted by atomic mass is 10.2. The van der Waals surface area contributed by atoms with Gasteiger partial charge in [-0.15, -0.1) is 12.4 Å². The van der Waals surface area contributed by atoms with E-state index in [1.807, 2.05) is 54.1 Å². The van der Waals surface area contributed by atoms with Crippen LogP contribution in [0.3, 0.4) is 0 Å². The molecule has 0 fully saturated rings. The third kappa shape index (κ3) is 5.76. The molecule has 0 bridgehead atoms. The molecular formula is C22H22Cl2N4O2S. The molecule has 0 unspecified atom stereocenters. The van der Waals surface area contributed by atoms with Gasteiger partial charge in [-0.05, 0) is 37.6 Å². The van der Waals surface area contributed by atoms with Crippen molar-refractivity contribution in [3.8, 4) is 5.75 Å². The Morgan fingerprint density at radius 3 is 2.74 bits per heavy atom. The van der Waals surface area contributed by atoms with Crippen LogP contribution in [0.2, 0.25) is 5.02 Å². The van der Waals surface area contributed by atoms with Gasteiger partial charge in [0.1, 0.15) is 11.3 Å². The van der Waals surface area contributed by atoms with Crippen LogP contribution in [-0.2, 0) is 11.3 Å². The number of anilines is 1. The zero-order valence-electron chi connectivity index (χ0n) is 16.9. The summed E-state index contributed by atoms with van der Waals surface area (Å²) in [5.74, 6) is 0.524. The molecule has 6 nitrogen and oxygen atoms in total. The van der Waals surface area contributed by atoms with Crippen molar-refractivity contribution in [2.24, 2.45) is 0 Å². The van der Waals surface area contributed by atoms with Gasteiger partial charge in [-0.1, -0.05) is 46.7 Å². The number of carbonyl (C=O) groups excluding carboxylic acids is 1. The Morgan fingerprint density at radius 1 is 1.23 bits per heavy atom. The van der Waals surface area contributed by atoms with Crippen molar-refractivity contribution < 1.29 is 9.53 Å². The fourth-order valence-electron chi connectivity index (χ4n) is 3.03. The number of amides is 1. The van der Waals surface area contributed by atoms with Gasteiger partial charge in [0.15, 0.2) is 11.7 Å². The second-order valence-electron chi connectivity index (χ2n) is 6.88. The minimum absolute atomic E-state index is 0. The van der Waals surface area contributed by atoms with E-state index in [1.165, 1.54) is 11.3 Å². The fraction of sp³-hybridized carbons (Fsp3) is 0.227. The average Bonchev–Trinajstić information content (AvgIpc) is 3.41. The van der Waals surface area contributed by atoms with E-state index in [0.29, 0.717) is 28.0 Å². The number of hydrogen-bond acceptors (Lipinski definition) is 5. The summed E-state index contributed by atoms with van der Waals surface area (Å²) in [7, 11) is 0. The Morgan fingerprint density at radius 2 is 2.03 bits per heavy atom. The molecule has 0 radical (unpaired) electrons. The number of ether oxygens (including phenoxy) is 1. The third-order valence-corrected chi connectivity index (χ3v) is 5.98. The molecule has 2 aromatic carbocycles. The number of aryl methyl sites for hydroxylation is 2. The molecule has 0 spiro atoms. The summed E-state index contributed by atoms with van der Waals surface area (Å²) in [6, 6.07) is 13.3. The normalized spacial score (nSPS) is 10.6. The Kier molecular flexibility index (Phi) is 7.90. The molecule has 31 heavy (non-hydrogen) atoms. The number of rotatable bonds is 8. The maximum absolute atomic E-state index is 13.1. The van der Waals surface area contributed by atoms with Crippen LogP contribution in [0.15, 0.2) is 61.2 Å². The first-order chi connectivity index (χ1) is 14.6. The van der Waals surface area contributed by atoms with Gasteiger partial charge in [0, 0.05) is 25.5 Å². The zero-order valence-corrected chi connectivity index (χ0v) is 19.3. The maximum Gasteiger partial charge on any atom is 0.266 e. The van der Waals surface area contributed by atoms with Gasteiger partial charge < -0.3 is 9.30 Å². The first kappa shape index (κ1) is 23.1. The largest absolute Gasteiger partial charge is 0.484 e. The summed E-state index contributed by atoms with van der Waals surface area (Å²) >= 11 is 7.74. The van der Waals surface area contributed by atoms with Crippen LogP contribution in [-0.4, -0.2) is 33.6 Å². The number of fused-ring (bicyclic) bond motifs is 1. The number of nitrogens with zero attached hydrogens (tertiary/aromatic N) is 4. The number of thiazole rings is 1. The lowest BCUT2D eigenvalue weighted by molar-refractivity contribution is -0.120. The van der Waals surface area contributed by atoms with Crippen molar-refractivity contribution in [2.75, 3.05) is 18.1 Å². The molecule has 1 amide bonds. The van der Waals surface area contributed by atoms with Crippen molar-refractivity contribution in [3.63, 3.8) is 0 Å². The van der Waals surface area contributed by atoms with Crippen molar-refractivity contribution in [2.45, 2.75) is 19.9 Å². The lowest BCUT2D eigenvalue weighted by Gasteiger charge is -2.20. The smallest absolute Gasteiger partial charge is 0.266 e. The number of para-hydroxylation sites is 1. The van der Waals surface area contributed by atoms with Gasteiger partial charge in [-0.2, -0.15) is 0 Å². The second kappa shape index (κ2) is 10.6. The molecule has 2 heterocycles. The third-order valence-electron chi connectivity index (χ3n) is 4.63. The van der Waals surface area contributed by atoms with Crippen LogP contribution < -0.4 is 9.64 Å². The molecule has 2 aromatic heterocycles. The minimum Gasteiger partial charge on any atom is -0.484 e. The molecule has 4 aromatic rings. The minimum atomic E-state index is -0.142. The summed E-state index contributed by atoms with van der Waals surface area (Å²) in [6.45, 7) is 3.23. The second-order valence-corrected chi connectivity index (χ2v) is 8.30. The molecule has 0 aliphatic carbocycles. The SMILES string of the molecule is Cc1ccc(OCC(=O)N(CCCn2ccnc2)c2nc3c(Cl)cccc3s2)cc1.Cl. The van der Waals surface area contributed by atoms with Crippen LogP contribution in [0.1, 0.15) is 12.0 Å². The standard InChI is InChI=1S/C22H21ClN4O2S.ClH/c1-16-6-8-17(9-7-16)29-14-20(28)27(12-3-11-26-13-10-24-15-26)22-25-21-18(23)4-2-5-19(21)30-22;/h2,4-10,13,15H,3,11-12,14H2,1H3;1H. The number of benzene rings is 2. The van der Waals surface area contributed by atoms with Crippen molar-refractivity contribution >= 4 is 56.6 Å².